The van der Waals surface area contributed by atoms with Gasteiger partial charge in [-0.15, -0.1) is 0 Å². The zero-order chi connectivity index (χ0) is 20.1. The van der Waals surface area contributed by atoms with Crippen molar-refractivity contribution in [3.8, 4) is 0 Å². The zero-order valence-corrected chi connectivity index (χ0v) is 14.3. The van der Waals surface area contributed by atoms with E-state index in [2.05, 4.69) is 46.6 Å². The van der Waals surface area contributed by atoms with Gasteiger partial charge in [-0.1, -0.05) is 17.7 Å². The van der Waals surface area contributed by atoms with Gasteiger partial charge >= 0.3 is 0 Å². The quantitative estimate of drug-likeness (QED) is 0.729. The molecule has 0 spiro atoms. The second-order valence-electron chi connectivity index (χ2n) is 6.79. The Bertz CT molecular complexity index is 1040. The smallest absolute Gasteiger partial charge is 0.0627 e. The molecule has 0 aliphatic carbocycles. The van der Waals surface area contributed by atoms with Gasteiger partial charge in [-0.25, -0.2) is 0 Å². The highest BCUT2D eigenvalue weighted by molar-refractivity contribution is 5.86. The van der Waals surface area contributed by atoms with E-state index in [1.807, 2.05) is 0 Å². The van der Waals surface area contributed by atoms with E-state index in [0.717, 1.165) is 31.6 Å². The molecule has 0 saturated heterocycles. The highest BCUT2D eigenvalue weighted by Gasteiger charge is 2.22. The van der Waals surface area contributed by atoms with Gasteiger partial charge in [0.15, 0.2) is 0 Å². The number of hydrogen-bond donors (Lipinski definition) is 0. The van der Waals surface area contributed by atoms with Crippen LogP contribution in [0.25, 0.3) is 10.9 Å². The SMILES string of the molecule is [2H]c1cc(C([2H])([2H])[2H])ncc1CCn1c2c(c3cc(C)ccc31)CN(C)CC2. The van der Waals surface area contributed by atoms with Gasteiger partial charge in [0.05, 0.1) is 1.37 Å². The Labute approximate surface area is 149 Å². The van der Waals surface area contributed by atoms with E-state index in [9.17, 15) is 0 Å². The summed E-state index contributed by atoms with van der Waals surface area (Å²) in [5.74, 6) is 0. The number of aromatic nitrogens is 2. The van der Waals surface area contributed by atoms with Crippen LogP contribution in [0.3, 0.4) is 0 Å². The van der Waals surface area contributed by atoms with E-state index in [4.69, 9.17) is 5.48 Å². The molecule has 1 aliphatic rings. The molecule has 0 radical (unpaired) electrons. The van der Waals surface area contributed by atoms with E-state index in [0.29, 0.717) is 6.42 Å². The van der Waals surface area contributed by atoms with E-state index in [-0.39, 0.29) is 11.7 Å². The van der Waals surface area contributed by atoms with Gasteiger partial charge in [-0.2, -0.15) is 0 Å². The van der Waals surface area contributed by atoms with Gasteiger partial charge in [-0.3, -0.25) is 4.98 Å². The Morgan fingerprint density at radius 2 is 2.25 bits per heavy atom. The van der Waals surface area contributed by atoms with Gasteiger partial charge < -0.3 is 9.47 Å². The Hall–Kier alpha value is -2.13. The minimum absolute atomic E-state index is 0.0106. The normalized spacial score (nSPS) is 17.9. The first-order valence-corrected chi connectivity index (χ1v) is 8.49. The number of hydrogen-bond acceptors (Lipinski definition) is 2. The molecule has 2 aromatic heterocycles. The van der Waals surface area contributed by atoms with E-state index in [1.54, 1.807) is 6.20 Å². The summed E-state index contributed by atoms with van der Waals surface area (Å²) in [4.78, 5) is 6.44. The van der Waals surface area contributed by atoms with Crippen molar-refractivity contribution in [3.05, 3.63) is 64.6 Å². The molecule has 124 valence electrons. The summed E-state index contributed by atoms with van der Waals surface area (Å²) in [5, 5.41) is 1.32. The molecular weight excluding hydrogens is 294 g/mol. The summed E-state index contributed by atoms with van der Waals surface area (Å²) in [6.45, 7) is 2.62. The summed E-state index contributed by atoms with van der Waals surface area (Å²) in [6, 6.07) is 8.25. The summed E-state index contributed by atoms with van der Waals surface area (Å²) < 4.78 is 33.0. The number of pyridine rings is 1. The molecule has 1 aromatic carbocycles. The molecule has 0 bridgehead atoms. The van der Waals surface area contributed by atoms with Crippen LogP contribution in [0.5, 0.6) is 0 Å². The van der Waals surface area contributed by atoms with Gasteiger partial charge in [0.2, 0.25) is 0 Å². The highest BCUT2D eigenvalue weighted by atomic mass is 15.1. The lowest BCUT2D eigenvalue weighted by Gasteiger charge is -2.24. The molecule has 0 fully saturated rings. The third-order valence-electron chi connectivity index (χ3n) is 4.96. The predicted molar refractivity (Wildman–Crippen MR) is 99.4 cm³/mol. The van der Waals surface area contributed by atoms with Crippen LogP contribution in [-0.2, 0) is 25.9 Å². The van der Waals surface area contributed by atoms with Crippen molar-refractivity contribution in [2.24, 2.45) is 0 Å². The molecule has 3 heteroatoms. The first-order chi connectivity index (χ1) is 13.2. The van der Waals surface area contributed by atoms with E-state index < -0.39 is 6.85 Å². The van der Waals surface area contributed by atoms with E-state index in [1.165, 1.54) is 33.8 Å². The number of benzene rings is 1. The van der Waals surface area contributed by atoms with Crippen molar-refractivity contribution >= 4 is 10.9 Å². The average Bonchev–Trinajstić information content (AvgIpc) is 2.92. The number of nitrogens with zero attached hydrogens (tertiary/aromatic N) is 3. The molecule has 0 unspecified atom stereocenters. The fourth-order valence-electron chi connectivity index (χ4n) is 3.71. The van der Waals surface area contributed by atoms with Crippen molar-refractivity contribution < 1.29 is 5.48 Å². The highest BCUT2D eigenvalue weighted by Crippen LogP contribution is 2.31. The molecule has 3 aromatic rings. The van der Waals surface area contributed by atoms with Crippen LogP contribution in [0.15, 0.2) is 36.5 Å². The van der Waals surface area contributed by atoms with Crippen LogP contribution in [0.4, 0.5) is 0 Å². The maximum atomic E-state index is 8.22. The Kier molecular flexibility index (Phi) is 2.89. The monoisotopic (exact) mass is 323 g/mol. The van der Waals surface area contributed by atoms with Crippen LogP contribution in [0.1, 0.15) is 33.6 Å². The van der Waals surface area contributed by atoms with Gasteiger partial charge in [0.25, 0.3) is 0 Å². The fraction of sp³-hybridized carbons (Fsp3) is 0.381. The lowest BCUT2D eigenvalue weighted by Crippen LogP contribution is -2.27. The van der Waals surface area contributed by atoms with Gasteiger partial charge in [-0.05, 0) is 56.6 Å². The van der Waals surface area contributed by atoms with Crippen molar-refractivity contribution in [3.63, 3.8) is 0 Å². The molecule has 0 atom stereocenters. The third-order valence-corrected chi connectivity index (χ3v) is 4.96. The summed E-state index contributed by atoms with van der Waals surface area (Å²) >= 11 is 0. The molecule has 3 nitrogen and oxygen atoms in total. The van der Waals surface area contributed by atoms with Crippen molar-refractivity contribution in [2.75, 3.05) is 13.6 Å². The topological polar surface area (TPSA) is 21.1 Å². The lowest BCUT2D eigenvalue weighted by molar-refractivity contribution is 0.309. The van der Waals surface area contributed by atoms with Crippen LogP contribution < -0.4 is 0 Å². The molecule has 4 rings (SSSR count). The second kappa shape index (κ2) is 6.06. The van der Waals surface area contributed by atoms with E-state index >= 15 is 0 Å². The van der Waals surface area contributed by atoms with Crippen molar-refractivity contribution in [1.82, 2.24) is 14.5 Å². The summed E-state index contributed by atoms with van der Waals surface area (Å²) in [5.41, 5.74) is 6.07. The van der Waals surface area contributed by atoms with Crippen LogP contribution in [-0.4, -0.2) is 28.0 Å². The Morgan fingerprint density at radius 1 is 1.33 bits per heavy atom. The number of fused-ring (bicyclic) bond motifs is 3. The van der Waals surface area contributed by atoms with Crippen molar-refractivity contribution in [1.29, 1.82) is 0 Å². The van der Waals surface area contributed by atoms with Gasteiger partial charge in [0.1, 0.15) is 0 Å². The standard InChI is InChI=1S/C21H25N3/c1-15-4-7-20-18(12-15)19-14-23(3)10-9-21(19)24(20)11-8-17-6-5-16(2)22-13-17/h4-7,12-13H,8-11,14H2,1-3H3/i2D3,6D. The summed E-state index contributed by atoms with van der Waals surface area (Å²) in [7, 11) is 2.16. The lowest BCUT2D eigenvalue weighted by atomic mass is 10.0. The largest absolute Gasteiger partial charge is 0.344 e. The number of likely N-dealkylation sites (N-methyl/N-ethyl adjacent to an activating group) is 1. The molecule has 1 aliphatic heterocycles. The molecule has 0 saturated carbocycles. The van der Waals surface area contributed by atoms with Crippen LogP contribution in [0, 0.1) is 13.8 Å². The van der Waals surface area contributed by atoms with Gasteiger partial charge in [0, 0.05) is 58.7 Å². The maximum Gasteiger partial charge on any atom is 0.0627 e. The number of aryl methyl sites for hydroxylation is 4. The van der Waals surface area contributed by atoms with Crippen LogP contribution in [0.2, 0.25) is 0 Å². The molecular formula is C21H25N3. The maximum absolute atomic E-state index is 8.22. The zero-order valence-electron chi connectivity index (χ0n) is 18.3. The minimum Gasteiger partial charge on any atom is -0.344 e. The first-order valence-electron chi connectivity index (χ1n) is 10.5. The first kappa shape index (κ1) is 11.4. The van der Waals surface area contributed by atoms with Crippen LogP contribution >= 0.6 is 0 Å². The fourth-order valence-corrected chi connectivity index (χ4v) is 3.71. The summed E-state index contributed by atoms with van der Waals surface area (Å²) in [6.07, 6.45) is 3.23. The van der Waals surface area contributed by atoms with Crippen molar-refractivity contribution in [2.45, 2.75) is 39.7 Å². The molecule has 3 heterocycles. The predicted octanol–water partition coefficient (Wildman–Crippen LogP) is 3.88. The second-order valence-corrected chi connectivity index (χ2v) is 6.79. The molecule has 0 N–H and O–H groups in total. The average molecular weight is 323 g/mol. The Balaban J connectivity index is 1.68. The third kappa shape index (κ3) is 2.73. The number of rotatable bonds is 3. The Morgan fingerprint density at radius 3 is 3.08 bits per heavy atom. The molecule has 24 heavy (non-hydrogen) atoms. The molecule has 0 amide bonds. The minimum atomic E-state index is -2.27.